The van der Waals surface area contributed by atoms with Crippen molar-refractivity contribution in [2.24, 2.45) is 5.73 Å². The Morgan fingerprint density at radius 3 is 2.32 bits per heavy atom. The highest BCUT2D eigenvalue weighted by atomic mass is 32.2. The number of nitrogens with zero attached hydrogens (tertiary/aromatic N) is 2. The van der Waals surface area contributed by atoms with Crippen LogP contribution < -0.4 is 10.6 Å². The summed E-state index contributed by atoms with van der Waals surface area (Å²) in [5, 5.41) is 0. The van der Waals surface area contributed by atoms with Gasteiger partial charge in [0.25, 0.3) is 0 Å². The molecule has 1 heterocycles. The van der Waals surface area contributed by atoms with E-state index in [9.17, 15) is 8.42 Å². The average molecular weight is 299 g/mol. The largest absolute Gasteiger partial charge is 0.389 e. The lowest BCUT2D eigenvalue weighted by Crippen LogP contribution is -2.48. The number of nitrogens with two attached hydrogens (primary N) is 1. The van der Waals surface area contributed by atoms with E-state index in [4.69, 9.17) is 18.0 Å². The molecule has 1 saturated heterocycles. The molecule has 104 valence electrons. The van der Waals surface area contributed by atoms with Crippen LogP contribution in [0.4, 0.5) is 5.69 Å². The summed E-state index contributed by atoms with van der Waals surface area (Å²) in [6.45, 7) is 2.27. The summed E-state index contributed by atoms with van der Waals surface area (Å²) >= 11 is 5.05. The molecule has 7 heteroatoms. The Labute approximate surface area is 119 Å². The van der Waals surface area contributed by atoms with Crippen LogP contribution in [-0.2, 0) is 10.0 Å². The number of hydrogen-bond donors (Lipinski definition) is 1. The third-order valence-corrected chi connectivity index (χ3v) is 4.74. The fraction of sp³-hybridized carbons (Fsp3) is 0.417. The zero-order valence-electron chi connectivity index (χ0n) is 10.7. The summed E-state index contributed by atoms with van der Waals surface area (Å²) in [7, 11) is -3.10. The molecule has 0 aromatic heterocycles. The molecule has 1 aliphatic rings. The number of thiocarbonyl (C=S) groups is 1. The van der Waals surface area contributed by atoms with Crippen LogP contribution in [0.25, 0.3) is 0 Å². The number of anilines is 1. The summed E-state index contributed by atoms with van der Waals surface area (Å²) < 4.78 is 24.4. The Hall–Kier alpha value is -1.18. The molecule has 1 fully saturated rings. The quantitative estimate of drug-likeness (QED) is 0.819. The third-order valence-electron chi connectivity index (χ3n) is 3.22. The number of benzene rings is 1. The molecule has 0 spiro atoms. The zero-order valence-corrected chi connectivity index (χ0v) is 12.4. The molecular weight excluding hydrogens is 282 g/mol. The first-order valence-electron chi connectivity index (χ1n) is 5.98. The zero-order chi connectivity index (χ0) is 14.0. The first kappa shape index (κ1) is 14.2. The molecule has 2 rings (SSSR count). The smallest absolute Gasteiger partial charge is 0.211 e. The first-order chi connectivity index (χ1) is 8.89. The topological polar surface area (TPSA) is 66.6 Å². The minimum absolute atomic E-state index is 0.362. The van der Waals surface area contributed by atoms with Gasteiger partial charge in [-0.05, 0) is 12.1 Å². The van der Waals surface area contributed by atoms with E-state index in [2.05, 4.69) is 4.90 Å². The van der Waals surface area contributed by atoms with Crippen LogP contribution in [0, 0.1) is 0 Å². The maximum Gasteiger partial charge on any atom is 0.211 e. The normalized spacial score (nSPS) is 17.4. The van der Waals surface area contributed by atoms with E-state index >= 15 is 0 Å². The van der Waals surface area contributed by atoms with Gasteiger partial charge >= 0.3 is 0 Å². The van der Waals surface area contributed by atoms with E-state index in [1.807, 2.05) is 24.3 Å². The molecule has 1 aliphatic heterocycles. The number of piperazine rings is 1. The van der Waals surface area contributed by atoms with Crippen LogP contribution >= 0.6 is 12.2 Å². The standard InChI is InChI=1S/C12H17N3O2S2/c1-19(16,17)15-8-6-14(7-9-15)11-5-3-2-4-10(11)12(13)18/h2-5H,6-9H2,1H3,(H2,13,18). The molecule has 0 atom stereocenters. The van der Waals surface area contributed by atoms with Crippen molar-refractivity contribution in [2.45, 2.75) is 0 Å². The van der Waals surface area contributed by atoms with Gasteiger partial charge in [0.2, 0.25) is 10.0 Å². The summed E-state index contributed by atoms with van der Waals surface area (Å²) in [6.07, 6.45) is 1.24. The predicted molar refractivity (Wildman–Crippen MR) is 81.0 cm³/mol. The summed E-state index contributed by atoms with van der Waals surface area (Å²) in [6, 6.07) is 7.68. The van der Waals surface area contributed by atoms with Crippen LogP contribution in [0.3, 0.4) is 0 Å². The maximum absolute atomic E-state index is 11.5. The Morgan fingerprint density at radius 1 is 1.21 bits per heavy atom. The molecule has 5 nitrogen and oxygen atoms in total. The lowest BCUT2D eigenvalue weighted by atomic mass is 10.1. The molecule has 0 saturated carbocycles. The highest BCUT2D eigenvalue weighted by molar-refractivity contribution is 7.88. The predicted octanol–water partition coefficient (Wildman–Crippen LogP) is 0.402. The molecule has 0 radical (unpaired) electrons. The lowest BCUT2D eigenvalue weighted by Gasteiger charge is -2.35. The summed E-state index contributed by atoms with van der Waals surface area (Å²) in [5.41, 5.74) is 7.53. The van der Waals surface area contributed by atoms with Gasteiger partial charge in [-0.25, -0.2) is 8.42 Å². The van der Waals surface area contributed by atoms with Gasteiger partial charge in [-0.15, -0.1) is 0 Å². The number of hydrogen-bond acceptors (Lipinski definition) is 4. The van der Waals surface area contributed by atoms with Gasteiger partial charge in [0.15, 0.2) is 0 Å². The van der Waals surface area contributed by atoms with Gasteiger partial charge in [0.05, 0.1) is 6.26 Å². The molecule has 2 N–H and O–H groups in total. The van der Waals surface area contributed by atoms with Crippen LogP contribution in [-0.4, -0.2) is 50.1 Å². The minimum Gasteiger partial charge on any atom is -0.389 e. The molecule has 19 heavy (non-hydrogen) atoms. The molecule has 1 aromatic rings. The van der Waals surface area contributed by atoms with Crippen molar-refractivity contribution in [2.75, 3.05) is 37.3 Å². The van der Waals surface area contributed by atoms with Crippen LogP contribution in [0.1, 0.15) is 5.56 Å². The van der Waals surface area contributed by atoms with E-state index in [0.29, 0.717) is 31.2 Å². The minimum atomic E-state index is -3.10. The fourth-order valence-corrected chi connectivity index (χ4v) is 3.22. The van der Waals surface area contributed by atoms with Gasteiger partial charge in [-0.1, -0.05) is 24.4 Å². The second-order valence-electron chi connectivity index (χ2n) is 4.53. The lowest BCUT2D eigenvalue weighted by molar-refractivity contribution is 0.388. The summed E-state index contributed by atoms with van der Waals surface area (Å²) in [4.78, 5) is 2.48. The highest BCUT2D eigenvalue weighted by Crippen LogP contribution is 2.22. The van der Waals surface area contributed by atoms with Crippen LogP contribution in [0.5, 0.6) is 0 Å². The second kappa shape index (κ2) is 5.44. The van der Waals surface area contributed by atoms with Crippen molar-refractivity contribution >= 4 is 32.9 Å². The van der Waals surface area contributed by atoms with Crippen molar-refractivity contribution in [3.63, 3.8) is 0 Å². The van der Waals surface area contributed by atoms with Crippen LogP contribution in [0.2, 0.25) is 0 Å². The Balaban J connectivity index is 2.16. The number of sulfonamides is 1. The van der Waals surface area contributed by atoms with Crippen molar-refractivity contribution in [1.82, 2.24) is 4.31 Å². The fourth-order valence-electron chi connectivity index (χ4n) is 2.22. The van der Waals surface area contributed by atoms with Crippen molar-refractivity contribution in [3.8, 4) is 0 Å². The van der Waals surface area contributed by atoms with Gasteiger partial charge in [0, 0.05) is 37.4 Å². The Bertz CT molecular complexity index is 578. The van der Waals surface area contributed by atoms with E-state index in [-0.39, 0.29) is 0 Å². The second-order valence-corrected chi connectivity index (χ2v) is 6.95. The monoisotopic (exact) mass is 299 g/mol. The summed E-state index contributed by atoms with van der Waals surface area (Å²) in [5.74, 6) is 0. The van der Waals surface area contributed by atoms with E-state index in [1.165, 1.54) is 10.6 Å². The molecule has 0 amide bonds. The Kier molecular flexibility index (Phi) is 4.07. The van der Waals surface area contributed by atoms with E-state index in [0.717, 1.165) is 11.3 Å². The highest BCUT2D eigenvalue weighted by Gasteiger charge is 2.24. The molecule has 1 aromatic carbocycles. The van der Waals surface area contributed by atoms with E-state index < -0.39 is 10.0 Å². The molecular formula is C12H17N3O2S2. The first-order valence-corrected chi connectivity index (χ1v) is 8.24. The van der Waals surface area contributed by atoms with Crippen molar-refractivity contribution in [3.05, 3.63) is 29.8 Å². The number of rotatable bonds is 3. The van der Waals surface area contributed by atoms with Gasteiger partial charge in [-0.2, -0.15) is 4.31 Å². The van der Waals surface area contributed by atoms with Crippen molar-refractivity contribution in [1.29, 1.82) is 0 Å². The van der Waals surface area contributed by atoms with Crippen molar-refractivity contribution < 1.29 is 8.42 Å². The SMILES string of the molecule is CS(=O)(=O)N1CCN(c2ccccc2C(N)=S)CC1. The van der Waals surface area contributed by atoms with Crippen LogP contribution in [0.15, 0.2) is 24.3 Å². The van der Waals surface area contributed by atoms with E-state index in [1.54, 1.807) is 0 Å². The van der Waals surface area contributed by atoms with Gasteiger partial charge < -0.3 is 10.6 Å². The maximum atomic E-state index is 11.5. The third kappa shape index (κ3) is 3.23. The molecule has 0 aliphatic carbocycles. The average Bonchev–Trinajstić information content (AvgIpc) is 2.38. The van der Waals surface area contributed by atoms with Gasteiger partial charge in [-0.3, -0.25) is 0 Å². The Morgan fingerprint density at radius 2 is 1.79 bits per heavy atom. The molecule has 0 bridgehead atoms. The van der Waals surface area contributed by atoms with Gasteiger partial charge in [0.1, 0.15) is 4.99 Å². The molecule has 0 unspecified atom stereocenters. The number of para-hydroxylation sites is 1.